The topological polar surface area (TPSA) is 73.0 Å². The number of carbonyl (C=O) groups excluding carboxylic acids is 3. The van der Waals surface area contributed by atoms with Gasteiger partial charge in [0.05, 0.1) is 6.54 Å². The average molecular weight is 479 g/mol. The summed E-state index contributed by atoms with van der Waals surface area (Å²) >= 11 is 0. The monoisotopic (exact) mass is 478 g/mol. The first kappa shape index (κ1) is 26.1. The lowest BCUT2D eigenvalue weighted by molar-refractivity contribution is -0.138. The summed E-state index contributed by atoms with van der Waals surface area (Å²) in [5.41, 5.74) is -0.689. The molecule has 2 heterocycles. The number of likely N-dealkylation sites (tertiary alicyclic amines) is 1. The lowest BCUT2D eigenvalue weighted by Gasteiger charge is -2.39. The Morgan fingerprint density at radius 3 is 2.06 bits per heavy atom. The van der Waals surface area contributed by atoms with Gasteiger partial charge in [0, 0.05) is 39.3 Å². The molecule has 1 N–H and O–H groups in total. The second kappa shape index (κ2) is 11.3. The van der Waals surface area contributed by atoms with E-state index in [1.807, 2.05) is 9.80 Å². The highest BCUT2D eigenvalue weighted by molar-refractivity contribution is 5.98. The number of rotatable bonds is 6. The van der Waals surface area contributed by atoms with Crippen molar-refractivity contribution in [1.82, 2.24) is 20.0 Å². The number of nitrogens with one attached hydrogen (secondary N) is 1. The molecular formula is C25H36F2N4O3. The van der Waals surface area contributed by atoms with Crippen LogP contribution in [0.5, 0.6) is 0 Å². The summed E-state index contributed by atoms with van der Waals surface area (Å²) in [7, 11) is 0. The zero-order valence-corrected chi connectivity index (χ0v) is 20.5. The smallest absolute Gasteiger partial charge is 0.257 e. The molecule has 0 aromatic heterocycles. The molecule has 2 fully saturated rings. The van der Waals surface area contributed by atoms with E-state index in [0.717, 1.165) is 31.6 Å². The van der Waals surface area contributed by atoms with Gasteiger partial charge >= 0.3 is 0 Å². The zero-order valence-electron chi connectivity index (χ0n) is 20.5. The van der Waals surface area contributed by atoms with Crippen LogP contribution >= 0.6 is 0 Å². The fraction of sp³-hybridized carbons (Fsp3) is 0.640. The van der Waals surface area contributed by atoms with Gasteiger partial charge in [0.15, 0.2) is 0 Å². The summed E-state index contributed by atoms with van der Waals surface area (Å²) in [6.45, 7) is 11.8. The maximum Gasteiger partial charge on any atom is 0.257 e. The van der Waals surface area contributed by atoms with Crippen LogP contribution in [0.2, 0.25) is 0 Å². The number of piperazine rings is 1. The van der Waals surface area contributed by atoms with E-state index in [1.54, 1.807) is 18.7 Å². The number of benzene rings is 1. The number of amides is 3. The highest BCUT2D eigenvalue weighted by Gasteiger charge is 2.33. The third kappa shape index (κ3) is 6.31. The Bertz CT molecular complexity index is 872. The first-order valence-corrected chi connectivity index (χ1v) is 12.1. The molecule has 34 heavy (non-hydrogen) atoms. The highest BCUT2D eigenvalue weighted by atomic mass is 19.1. The van der Waals surface area contributed by atoms with Gasteiger partial charge in [-0.15, -0.1) is 0 Å². The fourth-order valence-electron chi connectivity index (χ4n) is 4.92. The molecule has 0 radical (unpaired) electrons. The van der Waals surface area contributed by atoms with E-state index in [0.29, 0.717) is 44.6 Å². The Morgan fingerprint density at radius 1 is 0.971 bits per heavy atom. The van der Waals surface area contributed by atoms with E-state index >= 15 is 0 Å². The van der Waals surface area contributed by atoms with E-state index in [-0.39, 0.29) is 17.7 Å². The zero-order chi connectivity index (χ0) is 25.0. The third-order valence-corrected chi connectivity index (χ3v) is 6.67. The van der Waals surface area contributed by atoms with Gasteiger partial charge in [-0.2, -0.15) is 0 Å². The van der Waals surface area contributed by atoms with Crippen molar-refractivity contribution in [3.05, 3.63) is 35.4 Å². The summed E-state index contributed by atoms with van der Waals surface area (Å²) in [5, 5.41) is 2.52. The molecule has 1 aromatic rings. The Kier molecular flexibility index (Phi) is 8.62. The van der Waals surface area contributed by atoms with Crippen LogP contribution < -0.4 is 5.32 Å². The quantitative estimate of drug-likeness (QED) is 0.682. The van der Waals surface area contributed by atoms with E-state index in [2.05, 4.69) is 19.2 Å². The third-order valence-electron chi connectivity index (χ3n) is 6.67. The van der Waals surface area contributed by atoms with Crippen molar-refractivity contribution in [3.8, 4) is 0 Å². The van der Waals surface area contributed by atoms with Gasteiger partial charge < -0.3 is 15.1 Å². The van der Waals surface area contributed by atoms with Crippen LogP contribution in [0.15, 0.2) is 18.2 Å². The number of hydrogen-bond donors (Lipinski definition) is 1. The van der Waals surface area contributed by atoms with Crippen molar-refractivity contribution in [2.45, 2.75) is 40.2 Å². The van der Waals surface area contributed by atoms with Crippen LogP contribution in [0.1, 0.15) is 44.5 Å². The molecule has 7 nitrogen and oxygen atoms in total. The van der Waals surface area contributed by atoms with Crippen LogP contribution in [0.4, 0.5) is 8.78 Å². The maximum atomic E-state index is 14.0. The molecule has 2 saturated heterocycles. The standard InChI is InChI=1S/C25H36F2N4O3/c1-16(2)23(28-24(33)22-19(26)6-5-7-20(22)27)25(34)30-10-8-29(9-11-30)15-21(32)31-13-17(3)12-18(4)14-31/h5-7,16-18,23H,8-15H2,1-4H3,(H,28,33). The van der Waals surface area contributed by atoms with Crippen molar-refractivity contribution in [2.24, 2.45) is 17.8 Å². The number of halogens is 2. The van der Waals surface area contributed by atoms with Crippen LogP contribution in [0.25, 0.3) is 0 Å². The molecule has 0 spiro atoms. The van der Waals surface area contributed by atoms with Crippen molar-refractivity contribution < 1.29 is 23.2 Å². The van der Waals surface area contributed by atoms with Gasteiger partial charge in [0.2, 0.25) is 11.8 Å². The number of piperidine rings is 1. The van der Waals surface area contributed by atoms with Crippen LogP contribution in [-0.4, -0.2) is 84.3 Å². The first-order chi connectivity index (χ1) is 16.1. The predicted molar refractivity (Wildman–Crippen MR) is 125 cm³/mol. The molecule has 0 aliphatic carbocycles. The Balaban J connectivity index is 1.55. The van der Waals surface area contributed by atoms with Gasteiger partial charge in [0.1, 0.15) is 23.2 Å². The number of nitrogens with zero attached hydrogens (tertiary/aromatic N) is 3. The molecule has 3 amide bonds. The Morgan fingerprint density at radius 2 is 1.53 bits per heavy atom. The molecule has 2 aliphatic heterocycles. The molecule has 0 bridgehead atoms. The minimum absolute atomic E-state index is 0.123. The van der Waals surface area contributed by atoms with Crippen LogP contribution in [0, 0.1) is 29.4 Å². The molecule has 0 saturated carbocycles. The SMILES string of the molecule is CC1CC(C)CN(C(=O)CN2CCN(C(=O)C(NC(=O)c3c(F)cccc3F)C(C)C)CC2)C1. The summed E-state index contributed by atoms with van der Waals surface area (Å²) < 4.78 is 28.0. The highest BCUT2D eigenvalue weighted by Crippen LogP contribution is 2.21. The van der Waals surface area contributed by atoms with Crippen LogP contribution in [0.3, 0.4) is 0 Å². The molecular weight excluding hydrogens is 442 g/mol. The molecule has 2 aliphatic rings. The Hall–Kier alpha value is -2.55. The number of carbonyl (C=O) groups is 3. The van der Waals surface area contributed by atoms with E-state index in [1.165, 1.54) is 6.07 Å². The van der Waals surface area contributed by atoms with E-state index < -0.39 is 29.1 Å². The van der Waals surface area contributed by atoms with Crippen molar-refractivity contribution in [1.29, 1.82) is 0 Å². The van der Waals surface area contributed by atoms with Crippen LogP contribution in [-0.2, 0) is 9.59 Å². The van der Waals surface area contributed by atoms with Crippen molar-refractivity contribution in [3.63, 3.8) is 0 Å². The molecule has 9 heteroatoms. The molecule has 1 aromatic carbocycles. The lowest BCUT2D eigenvalue weighted by atomic mass is 9.92. The van der Waals surface area contributed by atoms with Gasteiger partial charge in [-0.05, 0) is 36.3 Å². The fourth-order valence-corrected chi connectivity index (χ4v) is 4.92. The van der Waals surface area contributed by atoms with E-state index in [9.17, 15) is 23.2 Å². The van der Waals surface area contributed by atoms with Gasteiger partial charge in [-0.25, -0.2) is 8.78 Å². The lowest BCUT2D eigenvalue weighted by Crippen LogP contribution is -2.57. The second-order valence-corrected chi connectivity index (χ2v) is 10.1. The van der Waals surface area contributed by atoms with E-state index in [4.69, 9.17) is 0 Å². The minimum atomic E-state index is -0.969. The van der Waals surface area contributed by atoms with Crippen molar-refractivity contribution >= 4 is 17.7 Å². The van der Waals surface area contributed by atoms with Crippen molar-refractivity contribution in [2.75, 3.05) is 45.8 Å². The van der Waals surface area contributed by atoms with Gasteiger partial charge in [0.25, 0.3) is 5.91 Å². The molecule has 3 rings (SSSR count). The summed E-state index contributed by atoms with van der Waals surface area (Å²) in [4.78, 5) is 44.1. The number of hydrogen-bond acceptors (Lipinski definition) is 4. The minimum Gasteiger partial charge on any atom is -0.341 e. The normalized spacial score (nSPS) is 22.6. The molecule has 188 valence electrons. The Labute approximate surface area is 200 Å². The largest absolute Gasteiger partial charge is 0.341 e. The van der Waals surface area contributed by atoms with Gasteiger partial charge in [-0.3, -0.25) is 19.3 Å². The second-order valence-electron chi connectivity index (χ2n) is 10.1. The maximum absolute atomic E-state index is 14.0. The summed E-state index contributed by atoms with van der Waals surface area (Å²) in [6.07, 6.45) is 1.14. The summed E-state index contributed by atoms with van der Waals surface area (Å²) in [5.74, 6) is -2.31. The summed E-state index contributed by atoms with van der Waals surface area (Å²) in [6, 6.07) is 2.30. The molecule has 3 atom stereocenters. The first-order valence-electron chi connectivity index (χ1n) is 12.1. The van der Waals surface area contributed by atoms with Gasteiger partial charge in [-0.1, -0.05) is 33.8 Å². The molecule has 3 unspecified atom stereocenters. The predicted octanol–water partition coefficient (Wildman–Crippen LogP) is 2.37. The average Bonchev–Trinajstić information content (AvgIpc) is 2.76.